The van der Waals surface area contributed by atoms with Gasteiger partial charge in [0.05, 0.1) is 0 Å². The first kappa shape index (κ1) is 8.19. The third kappa shape index (κ3) is 1.13. The van der Waals surface area contributed by atoms with Gasteiger partial charge in [0.25, 0.3) is 0 Å². The van der Waals surface area contributed by atoms with Crippen molar-refractivity contribution in [2.75, 3.05) is 6.54 Å². The number of hydrogen-bond acceptors (Lipinski definition) is 3. The van der Waals surface area contributed by atoms with E-state index in [0.29, 0.717) is 0 Å². The van der Waals surface area contributed by atoms with Gasteiger partial charge >= 0.3 is 6.18 Å². The van der Waals surface area contributed by atoms with Gasteiger partial charge in [0.2, 0.25) is 5.66 Å². The molecule has 1 aliphatic rings. The molecule has 0 bridgehead atoms. The van der Waals surface area contributed by atoms with E-state index in [1.54, 1.807) is 0 Å². The average Bonchev–Trinajstić information content (AvgIpc) is 2.33. The van der Waals surface area contributed by atoms with Crippen molar-refractivity contribution in [3.8, 4) is 0 Å². The molecule has 4 N–H and O–H groups in total. The Bertz CT molecular complexity index is 166. The number of nitrogens with one attached hydrogen (secondary N) is 2. The molecule has 1 aliphatic heterocycles. The summed E-state index contributed by atoms with van der Waals surface area (Å²) in [6.45, 7) is -0.538. The first-order valence-corrected chi connectivity index (χ1v) is 2.99. The fourth-order valence-electron chi connectivity index (χ4n) is 0.807. The predicted molar refractivity (Wildman–Crippen MR) is 33.3 cm³/mol. The highest BCUT2D eigenvalue weighted by Crippen LogP contribution is 2.28. The lowest BCUT2D eigenvalue weighted by Crippen LogP contribution is -2.65. The van der Waals surface area contributed by atoms with Crippen molar-refractivity contribution in [3.63, 3.8) is 0 Å². The third-order valence-corrected chi connectivity index (χ3v) is 1.53. The van der Waals surface area contributed by atoms with Crippen LogP contribution < -0.4 is 16.4 Å². The summed E-state index contributed by atoms with van der Waals surface area (Å²) in [6.07, 6.45) is -2.02. The summed E-state index contributed by atoms with van der Waals surface area (Å²) in [7, 11) is 0. The minimum Gasteiger partial charge on any atom is -0.359 e. The van der Waals surface area contributed by atoms with Crippen LogP contribution in [0.4, 0.5) is 13.2 Å². The Kier molecular flexibility index (Phi) is 1.71. The molecule has 64 valence electrons. The van der Waals surface area contributed by atoms with Crippen LogP contribution >= 0.6 is 0 Å². The van der Waals surface area contributed by atoms with Crippen LogP contribution in [0.2, 0.25) is 0 Å². The van der Waals surface area contributed by atoms with Crippen molar-refractivity contribution in [2.45, 2.75) is 11.8 Å². The zero-order chi connectivity index (χ0) is 8.54. The van der Waals surface area contributed by atoms with Gasteiger partial charge in [-0.3, -0.25) is 0 Å². The molecule has 0 radical (unpaired) electrons. The van der Waals surface area contributed by atoms with Gasteiger partial charge in [0, 0.05) is 18.9 Å². The molecule has 11 heavy (non-hydrogen) atoms. The summed E-state index contributed by atoms with van der Waals surface area (Å²) in [5.41, 5.74) is 2.81. The van der Waals surface area contributed by atoms with Gasteiger partial charge in [0.1, 0.15) is 0 Å². The van der Waals surface area contributed by atoms with Crippen LogP contribution in [0.15, 0.2) is 12.4 Å². The van der Waals surface area contributed by atoms with Gasteiger partial charge in [-0.25, -0.2) is 0 Å². The van der Waals surface area contributed by atoms with Gasteiger partial charge < -0.3 is 16.4 Å². The molecule has 3 nitrogen and oxygen atoms in total. The summed E-state index contributed by atoms with van der Waals surface area (Å²) in [5.74, 6) is 0. The Morgan fingerprint density at radius 1 is 1.27 bits per heavy atom. The van der Waals surface area contributed by atoms with Crippen LogP contribution in [0.5, 0.6) is 0 Å². The SMILES string of the molecule is NCC1(C(F)(F)F)NC=CN1. The fourth-order valence-corrected chi connectivity index (χ4v) is 0.807. The van der Waals surface area contributed by atoms with E-state index in [2.05, 4.69) is 10.6 Å². The van der Waals surface area contributed by atoms with Crippen molar-refractivity contribution in [3.05, 3.63) is 12.4 Å². The average molecular weight is 167 g/mol. The Morgan fingerprint density at radius 2 is 1.73 bits per heavy atom. The molecule has 0 aromatic carbocycles. The zero-order valence-electron chi connectivity index (χ0n) is 5.57. The Hall–Kier alpha value is -0.910. The van der Waals surface area contributed by atoms with Crippen molar-refractivity contribution < 1.29 is 13.2 Å². The minimum absolute atomic E-state index is 0.538. The fraction of sp³-hybridized carbons (Fsp3) is 0.600. The first-order chi connectivity index (χ1) is 5.02. The monoisotopic (exact) mass is 167 g/mol. The number of rotatable bonds is 1. The molecule has 0 fully saturated rings. The normalized spacial score (nSPS) is 21.1. The Morgan fingerprint density at radius 3 is 1.91 bits per heavy atom. The predicted octanol–water partition coefficient (Wildman–Crippen LogP) is -0.132. The summed E-state index contributed by atoms with van der Waals surface area (Å²) >= 11 is 0. The van der Waals surface area contributed by atoms with E-state index >= 15 is 0 Å². The van der Waals surface area contributed by atoms with E-state index < -0.39 is 18.4 Å². The molecule has 0 aliphatic carbocycles. The summed E-state index contributed by atoms with van der Waals surface area (Å²) < 4.78 is 36.5. The van der Waals surface area contributed by atoms with Crippen LogP contribution in [-0.2, 0) is 0 Å². The van der Waals surface area contributed by atoms with Crippen LogP contribution in [0, 0.1) is 0 Å². The standard InChI is InChI=1S/C5H8F3N3/c6-5(7,8)4(3-9)10-1-2-11-4/h1-2,10-11H,3,9H2. The van der Waals surface area contributed by atoms with Crippen molar-refractivity contribution in [1.29, 1.82) is 0 Å². The van der Waals surface area contributed by atoms with Crippen molar-refractivity contribution in [1.82, 2.24) is 10.6 Å². The number of alkyl halides is 3. The highest BCUT2D eigenvalue weighted by molar-refractivity contribution is 5.07. The maximum Gasteiger partial charge on any atom is 0.431 e. The molecule has 0 aromatic heterocycles. The molecule has 0 amide bonds. The van der Waals surface area contributed by atoms with E-state index in [1.807, 2.05) is 0 Å². The van der Waals surface area contributed by atoms with Crippen LogP contribution in [0.1, 0.15) is 0 Å². The Balaban J connectivity index is 2.77. The van der Waals surface area contributed by atoms with Crippen LogP contribution in [0.25, 0.3) is 0 Å². The number of nitrogens with two attached hydrogens (primary N) is 1. The molecule has 0 saturated carbocycles. The second-order valence-corrected chi connectivity index (χ2v) is 2.23. The maximum atomic E-state index is 12.2. The van der Waals surface area contributed by atoms with Crippen molar-refractivity contribution in [2.24, 2.45) is 5.73 Å². The van der Waals surface area contributed by atoms with Gasteiger partial charge in [-0.05, 0) is 0 Å². The van der Waals surface area contributed by atoms with Gasteiger partial charge in [-0.1, -0.05) is 0 Å². The largest absolute Gasteiger partial charge is 0.431 e. The molecule has 0 aromatic rings. The highest BCUT2D eigenvalue weighted by atomic mass is 19.4. The van der Waals surface area contributed by atoms with Gasteiger partial charge in [-0.2, -0.15) is 13.2 Å². The van der Waals surface area contributed by atoms with E-state index in [-0.39, 0.29) is 0 Å². The third-order valence-electron chi connectivity index (χ3n) is 1.53. The molecule has 0 saturated heterocycles. The number of hydrogen-bond donors (Lipinski definition) is 3. The van der Waals surface area contributed by atoms with Gasteiger partial charge in [-0.15, -0.1) is 0 Å². The van der Waals surface area contributed by atoms with E-state index in [9.17, 15) is 13.2 Å². The molecule has 0 unspecified atom stereocenters. The molecule has 0 atom stereocenters. The second-order valence-electron chi connectivity index (χ2n) is 2.23. The summed E-state index contributed by atoms with van der Waals surface area (Å²) in [4.78, 5) is 0. The summed E-state index contributed by atoms with van der Waals surface area (Å²) in [5, 5.41) is 4.24. The first-order valence-electron chi connectivity index (χ1n) is 2.99. The molecular formula is C5H8F3N3. The van der Waals surface area contributed by atoms with E-state index in [0.717, 1.165) is 0 Å². The van der Waals surface area contributed by atoms with Crippen LogP contribution in [-0.4, -0.2) is 18.4 Å². The van der Waals surface area contributed by atoms with Crippen LogP contribution in [0.3, 0.4) is 0 Å². The lowest BCUT2D eigenvalue weighted by molar-refractivity contribution is -0.194. The van der Waals surface area contributed by atoms with Gasteiger partial charge in [0.15, 0.2) is 0 Å². The highest BCUT2D eigenvalue weighted by Gasteiger charge is 2.54. The number of halogens is 3. The second kappa shape index (κ2) is 2.30. The van der Waals surface area contributed by atoms with E-state index in [1.165, 1.54) is 12.4 Å². The maximum absolute atomic E-state index is 12.2. The minimum atomic E-state index is -4.38. The Labute approximate surface area is 61.4 Å². The lowest BCUT2D eigenvalue weighted by Gasteiger charge is -2.31. The quantitative estimate of drug-likeness (QED) is 0.509. The molecule has 1 heterocycles. The topological polar surface area (TPSA) is 50.1 Å². The molecular weight excluding hydrogens is 159 g/mol. The van der Waals surface area contributed by atoms with E-state index in [4.69, 9.17) is 5.73 Å². The van der Waals surface area contributed by atoms with Crippen molar-refractivity contribution >= 4 is 0 Å². The smallest absolute Gasteiger partial charge is 0.359 e. The molecule has 0 spiro atoms. The molecule has 1 rings (SSSR count). The summed E-state index contributed by atoms with van der Waals surface area (Å²) in [6, 6.07) is 0. The lowest BCUT2D eigenvalue weighted by atomic mass is 10.2. The zero-order valence-corrected chi connectivity index (χ0v) is 5.57. The molecule has 6 heteroatoms.